The van der Waals surface area contributed by atoms with Crippen LogP contribution in [0.15, 0.2) is 48.6 Å². The van der Waals surface area contributed by atoms with Crippen molar-refractivity contribution in [3.8, 4) is 0 Å². The highest BCUT2D eigenvalue weighted by Crippen LogP contribution is 2.43. The minimum Gasteiger partial charge on any atom is -0.462 e. The molecular formula is C47H85O10P. The van der Waals surface area contributed by atoms with Gasteiger partial charge in [-0.3, -0.25) is 18.6 Å². The molecule has 0 radical (unpaired) electrons. The molecule has 3 atom stereocenters. The number of ether oxygens (including phenoxy) is 2. The molecule has 0 aliphatic rings. The second-order valence-electron chi connectivity index (χ2n) is 15.4. The molecule has 1 unspecified atom stereocenters. The van der Waals surface area contributed by atoms with Gasteiger partial charge in [0.2, 0.25) is 0 Å². The number of unbranched alkanes of at least 4 members (excludes halogenated alkanes) is 21. The van der Waals surface area contributed by atoms with Crippen molar-refractivity contribution in [3.63, 3.8) is 0 Å². The van der Waals surface area contributed by atoms with Crippen molar-refractivity contribution in [2.24, 2.45) is 0 Å². The summed E-state index contributed by atoms with van der Waals surface area (Å²) in [6.07, 6.45) is 46.4. The monoisotopic (exact) mass is 841 g/mol. The van der Waals surface area contributed by atoms with E-state index < -0.39 is 51.8 Å². The number of esters is 2. The third-order valence-corrected chi connectivity index (χ3v) is 10.7. The number of hydrogen-bond donors (Lipinski definition) is 3. The maximum absolute atomic E-state index is 12.6. The molecule has 0 rings (SSSR count). The summed E-state index contributed by atoms with van der Waals surface area (Å²) >= 11 is 0. The van der Waals surface area contributed by atoms with Crippen molar-refractivity contribution in [2.75, 3.05) is 26.4 Å². The number of carbonyl (C=O) groups excluding carboxylic acids is 2. The molecule has 0 saturated heterocycles. The summed E-state index contributed by atoms with van der Waals surface area (Å²) in [4.78, 5) is 35.0. The van der Waals surface area contributed by atoms with Crippen LogP contribution >= 0.6 is 7.82 Å². The van der Waals surface area contributed by atoms with E-state index in [2.05, 4.69) is 62.5 Å². The standard InChI is InChI=1S/C47H85O10P/c1-3-5-7-9-11-13-15-17-19-21-23-25-27-29-31-33-35-37-39-47(51)57-45(43-56-58(52,53)55-41-44(49)40-48)42-54-46(50)38-36-34-32-30-28-26-24-22-20-18-16-14-12-10-8-6-4-2/h8,10,14,16,20,22,26,28,44-45,48-49H,3-7,9,11-13,15,17-19,21,23-25,27,29-43H2,1-2H3,(H,52,53)/b10-8+,16-14+,22-20+,28-26+/t44-,45+/m0/s1. The molecule has 0 aromatic heterocycles. The fourth-order valence-electron chi connectivity index (χ4n) is 6.16. The average Bonchev–Trinajstić information content (AvgIpc) is 3.21. The van der Waals surface area contributed by atoms with Gasteiger partial charge in [-0.15, -0.1) is 0 Å². The molecule has 0 amide bonds. The van der Waals surface area contributed by atoms with E-state index in [0.29, 0.717) is 12.8 Å². The van der Waals surface area contributed by atoms with E-state index in [1.807, 2.05) is 0 Å². The number of rotatable bonds is 43. The van der Waals surface area contributed by atoms with E-state index in [1.165, 1.54) is 96.3 Å². The fraction of sp³-hybridized carbons (Fsp3) is 0.787. The van der Waals surface area contributed by atoms with Crippen LogP contribution in [0.4, 0.5) is 0 Å². The first-order valence-electron chi connectivity index (χ1n) is 23.1. The van der Waals surface area contributed by atoms with Crippen LogP contribution in [0, 0.1) is 0 Å². The Labute approximate surface area is 353 Å². The molecule has 0 saturated carbocycles. The molecule has 3 N–H and O–H groups in total. The molecule has 0 bridgehead atoms. The van der Waals surface area contributed by atoms with Crippen molar-refractivity contribution in [1.29, 1.82) is 0 Å². The Morgan fingerprint density at radius 2 is 0.931 bits per heavy atom. The molecular weight excluding hydrogens is 755 g/mol. The van der Waals surface area contributed by atoms with Crippen molar-refractivity contribution in [2.45, 2.75) is 212 Å². The summed E-state index contributed by atoms with van der Waals surface area (Å²) in [7, 11) is -4.63. The molecule has 0 aromatic carbocycles. The lowest BCUT2D eigenvalue weighted by Gasteiger charge is -2.20. The zero-order chi connectivity index (χ0) is 42.6. The van der Waals surface area contributed by atoms with Gasteiger partial charge in [0, 0.05) is 12.8 Å². The normalized spacial score (nSPS) is 14.2. The minimum absolute atomic E-state index is 0.179. The lowest BCUT2D eigenvalue weighted by molar-refractivity contribution is -0.161. The first-order chi connectivity index (χ1) is 28.2. The van der Waals surface area contributed by atoms with Crippen LogP contribution in [0.3, 0.4) is 0 Å². The van der Waals surface area contributed by atoms with Gasteiger partial charge in [-0.2, -0.15) is 0 Å². The number of allylic oxidation sites excluding steroid dienone is 8. The molecule has 10 nitrogen and oxygen atoms in total. The van der Waals surface area contributed by atoms with E-state index in [-0.39, 0.29) is 19.4 Å². The van der Waals surface area contributed by atoms with E-state index in [0.717, 1.165) is 64.2 Å². The third kappa shape index (κ3) is 42.1. The Bertz CT molecular complexity index is 1110. The van der Waals surface area contributed by atoms with Gasteiger partial charge in [-0.05, 0) is 51.4 Å². The lowest BCUT2D eigenvalue weighted by atomic mass is 10.0. The summed E-state index contributed by atoms with van der Waals surface area (Å²) in [5, 5.41) is 18.4. The van der Waals surface area contributed by atoms with Crippen molar-refractivity contribution in [3.05, 3.63) is 48.6 Å². The van der Waals surface area contributed by atoms with Gasteiger partial charge in [0.25, 0.3) is 0 Å². The van der Waals surface area contributed by atoms with Gasteiger partial charge in [0.05, 0.1) is 19.8 Å². The van der Waals surface area contributed by atoms with Gasteiger partial charge >= 0.3 is 19.8 Å². The van der Waals surface area contributed by atoms with Crippen LogP contribution in [-0.4, -0.2) is 65.7 Å². The smallest absolute Gasteiger partial charge is 0.462 e. The molecule has 58 heavy (non-hydrogen) atoms. The minimum atomic E-state index is -4.63. The SMILES string of the molecule is CCC/C=C/C/C=C/C/C=C/C/C=C/CCCCCC(=O)OC[C@H](COP(=O)(O)OC[C@@H](O)CO)OC(=O)CCCCCCCCCCCCCCCCCCCC. The van der Waals surface area contributed by atoms with Crippen molar-refractivity contribution in [1.82, 2.24) is 0 Å². The van der Waals surface area contributed by atoms with E-state index in [9.17, 15) is 24.2 Å². The summed E-state index contributed by atoms with van der Waals surface area (Å²) in [6.45, 7) is 2.30. The molecule has 11 heteroatoms. The summed E-state index contributed by atoms with van der Waals surface area (Å²) in [5.41, 5.74) is 0. The Balaban J connectivity index is 4.29. The first kappa shape index (κ1) is 55.9. The highest BCUT2D eigenvalue weighted by atomic mass is 31.2. The van der Waals surface area contributed by atoms with Crippen LogP contribution in [0.2, 0.25) is 0 Å². The topological polar surface area (TPSA) is 149 Å². The van der Waals surface area contributed by atoms with E-state index in [1.54, 1.807) is 0 Å². The van der Waals surface area contributed by atoms with Crippen LogP contribution < -0.4 is 0 Å². The van der Waals surface area contributed by atoms with Crippen molar-refractivity contribution < 1.29 is 47.8 Å². The molecule has 0 aromatic rings. The summed E-state index contributed by atoms with van der Waals surface area (Å²) < 4.78 is 32.7. The van der Waals surface area contributed by atoms with Gasteiger partial charge in [-0.25, -0.2) is 4.57 Å². The third-order valence-electron chi connectivity index (χ3n) is 9.72. The van der Waals surface area contributed by atoms with Crippen LogP contribution in [0.1, 0.15) is 200 Å². The largest absolute Gasteiger partial charge is 0.472 e. The molecule has 0 spiro atoms. The Morgan fingerprint density at radius 3 is 1.41 bits per heavy atom. The van der Waals surface area contributed by atoms with Crippen molar-refractivity contribution >= 4 is 19.8 Å². The molecule has 0 fully saturated rings. The van der Waals surface area contributed by atoms with Gasteiger partial charge in [0.15, 0.2) is 6.10 Å². The average molecular weight is 841 g/mol. The fourth-order valence-corrected chi connectivity index (χ4v) is 6.95. The zero-order valence-electron chi connectivity index (χ0n) is 36.8. The first-order valence-corrected chi connectivity index (χ1v) is 24.6. The number of phosphoric ester groups is 1. The quantitative estimate of drug-likeness (QED) is 0.0234. The Kier molecular flexibility index (Phi) is 41.5. The number of aliphatic hydroxyl groups is 2. The maximum atomic E-state index is 12.6. The summed E-state index contributed by atoms with van der Waals surface area (Å²) in [6, 6.07) is 0. The van der Waals surface area contributed by atoms with Gasteiger partial charge in [0.1, 0.15) is 12.7 Å². The molecule has 0 heterocycles. The van der Waals surface area contributed by atoms with Crippen LogP contribution in [-0.2, 0) is 32.7 Å². The zero-order valence-corrected chi connectivity index (χ0v) is 37.6. The Hall–Kier alpha value is -2.07. The number of carbonyl (C=O) groups is 2. The maximum Gasteiger partial charge on any atom is 0.472 e. The van der Waals surface area contributed by atoms with Crippen LogP contribution in [0.5, 0.6) is 0 Å². The predicted molar refractivity (Wildman–Crippen MR) is 237 cm³/mol. The predicted octanol–water partition coefficient (Wildman–Crippen LogP) is 12.5. The molecule has 0 aliphatic carbocycles. The van der Waals surface area contributed by atoms with Gasteiger partial charge in [-0.1, -0.05) is 184 Å². The number of phosphoric acid groups is 1. The second kappa shape index (κ2) is 43.0. The second-order valence-corrected chi connectivity index (χ2v) is 16.9. The Morgan fingerprint density at radius 1 is 0.517 bits per heavy atom. The van der Waals surface area contributed by atoms with Gasteiger partial charge < -0.3 is 24.6 Å². The summed E-state index contributed by atoms with van der Waals surface area (Å²) in [5.74, 6) is -0.956. The van der Waals surface area contributed by atoms with Crippen LogP contribution in [0.25, 0.3) is 0 Å². The lowest BCUT2D eigenvalue weighted by Crippen LogP contribution is -2.29. The molecule has 338 valence electrons. The van der Waals surface area contributed by atoms with E-state index >= 15 is 0 Å². The number of aliphatic hydroxyl groups excluding tert-OH is 2. The van der Waals surface area contributed by atoms with E-state index in [4.69, 9.17) is 23.6 Å². The number of hydrogen-bond acceptors (Lipinski definition) is 9. The molecule has 0 aliphatic heterocycles. The highest BCUT2D eigenvalue weighted by Gasteiger charge is 2.27. The highest BCUT2D eigenvalue weighted by molar-refractivity contribution is 7.47.